The summed E-state index contributed by atoms with van der Waals surface area (Å²) in [7, 11) is 0. The number of hydrogen-bond donors (Lipinski definition) is 2. The number of benzene rings is 1. The van der Waals surface area contributed by atoms with Gasteiger partial charge in [0.25, 0.3) is 5.91 Å². The zero-order valence-electron chi connectivity index (χ0n) is 12.4. The van der Waals surface area contributed by atoms with Crippen molar-refractivity contribution >= 4 is 17.6 Å². The first-order chi connectivity index (χ1) is 9.26. The fraction of sp³-hybridized carbons (Fsp3) is 0.467. The zero-order valence-corrected chi connectivity index (χ0v) is 12.4. The second kappa shape index (κ2) is 6.41. The molecule has 1 aromatic rings. The van der Waals surface area contributed by atoms with Crippen LogP contribution in [-0.2, 0) is 9.53 Å². The molecular formula is C15H22N2O3. The van der Waals surface area contributed by atoms with Crippen LogP contribution in [0.1, 0.15) is 43.1 Å². The molecule has 0 radical (unpaired) electrons. The van der Waals surface area contributed by atoms with Crippen molar-refractivity contribution in [3.8, 4) is 0 Å². The van der Waals surface area contributed by atoms with Crippen molar-refractivity contribution in [2.75, 3.05) is 12.3 Å². The molecule has 0 atom stereocenters. The van der Waals surface area contributed by atoms with Gasteiger partial charge in [0, 0.05) is 11.2 Å². The molecule has 110 valence electrons. The average molecular weight is 278 g/mol. The molecule has 0 aliphatic heterocycles. The maximum Gasteiger partial charge on any atom is 0.340 e. The zero-order chi connectivity index (χ0) is 15.3. The highest BCUT2D eigenvalue weighted by Crippen LogP contribution is 2.17. The van der Waals surface area contributed by atoms with Gasteiger partial charge in [-0.1, -0.05) is 19.1 Å². The molecule has 0 saturated heterocycles. The van der Waals surface area contributed by atoms with Crippen LogP contribution in [0, 0.1) is 6.92 Å². The van der Waals surface area contributed by atoms with Crippen LogP contribution >= 0.6 is 0 Å². The summed E-state index contributed by atoms with van der Waals surface area (Å²) in [5.41, 5.74) is 6.97. The van der Waals surface area contributed by atoms with Gasteiger partial charge >= 0.3 is 5.97 Å². The Hall–Kier alpha value is -2.04. The quantitative estimate of drug-likeness (QED) is 0.638. The number of nitrogens with one attached hydrogen (secondary N) is 1. The van der Waals surface area contributed by atoms with Crippen molar-refractivity contribution in [2.45, 2.75) is 39.7 Å². The van der Waals surface area contributed by atoms with Gasteiger partial charge in [0.2, 0.25) is 0 Å². The number of amides is 1. The highest BCUT2D eigenvalue weighted by molar-refractivity contribution is 5.96. The number of nitrogen functional groups attached to an aromatic ring is 1. The molecule has 1 amide bonds. The highest BCUT2D eigenvalue weighted by atomic mass is 16.5. The second-order valence-electron chi connectivity index (χ2n) is 5.40. The van der Waals surface area contributed by atoms with Gasteiger partial charge in [0.05, 0.1) is 5.56 Å². The number of nitrogens with two attached hydrogens (primary N) is 1. The van der Waals surface area contributed by atoms with Crippen LogP contribution in [0.4, 0.5) is 5.69 Å². The first-order valence-electron chi connectivity index (χ1n) is 6.60. The lowest BCUT2D eigenvalue weighted by Crippen LogP contribution is -2.44. The van der Waals surface area contributed by atoms with Crippen molar-refractivity contribution in [1.82, 2.24) is 5.32 Å². The molecule has 0 saturated carbocycles. The molecule has 0 spiro atoms. The second-order valence-corrected chi connectivity index (χ2v) is 5.40. The molecule has 1 aromatic carbocycles. The number of rotatable bonds is 5. The van der Waals surface area contributed by atoms with Crippen LogP contribution in [-0.4, -0.2) is 24.0 Å². The Morgan fingerprint density at radius 3 is 2.60 bits per heavy atom. The van der Waals surface area contributed by atoms with E-state index in [9.17, 15) is 9.59 Å². The van der Waals surface area contributed by atoms with Gasteiger partial charge in [0.15, 0.2) is 6.61 Å². The van der Waals surface area contributed by atoms with E-state index >= 15 is 0 Å². The van der Waals surface area contributed by atoms with Gasteiger partial charge in [-0.15, -0.1) is 0 Å². The number of anilines is 1. The van der Waals surface area contributed by atoms with Gasteiger partial charge in [-0.3, -0.25) is 4.79 Å². The molecule has 20 heavy (non-hydrogen) atoms. The SMILES string of the molecule is CCC(C)(C)NC(=O)COC(=O)c1cccc(C)c1N. The smallest absolute Gasteiger partial charge is 0.340 e. The minimum Gasteiger partial charge on any atom is -0.452 e. The van der Waals surface area contributed by atoms with Crippen molar-refractivity contribution in [1.29, 1.82) is 0 Å². The molecule has 5 nitrogen and oxygen atoms in total. The first kappa shape index (κ1) is 16.0. The van der Waals surface area contributed by atoms with Gasteiger partial charge in [-0.05, 0) is 38.8 Å². The van der Waals surface area contributed by atoms with E-state index in [1.54, 1.807) is 12.1 Å². The standard InChI is InChI=1S/C15H22N2O3/c1-5-15(3,4)17-12(18)9-20-14(19)11-8-6-7-10(2)13(11)16/h6-8H,5,9,16H2,1-4H3,(H,17,18). The lowest BCUT2D eigenvalue weighted by atomic mass is 10.0. The van der Waals surface area contributed by atoms with E-state index in [1.807, 2.05) is 33.8 Å². The number of hydrogen-bond acceptors (Lipinski definition) is 4. The normalized spacial score (nSPS) is 11.0. The molecule has 0 aliphatic rings. The van der Waals surface area contributed by atoms with E-state index in [0.717, 1.165) is 12.0 Å². The van der Waals surface area contributed by atoms with Crippen LogP contribution in [0.5, 0.6) is 0 Å². The van der Waals surface area contributed by atoms with E-state index < -0.39 is 5.97 Å². The fourth-order valence-corrected chi connectivity index (χ4v) is 1.57. The molecule has 0 fully saturated rings. The third-order valence-corrected chi connectivity index (χ3v) is 3.24. The summed E-state index contributed by atoms with van der Waals surface area (Å²) >= 11 is 0. The third-order valence-electron chi connectivity index (χ3n) is 3.24. The van der Waals surface area contributed by atoms with E-state index in [2.05, 4.69) is 5.32 Å². The summed E-state index contributed by atoms with van der Waals surface area (Å²) < 4.78 is 4.99. The Labute approximate surface area is 119 Å². The number of esters is 1. The minimum absolute atomic E-state index is 0.285. The summed E-state index contributed by atoms with van der Waals surface area (Å²) in [6.07, 6.45) is 0.789. The van der Waals surface area contributed by atoms with E-state index in [1.165, 1.54) is 0 Å². The highest BCUT2D eigenvalue weighted by Gasteiger charge is 2.19. The molecule has 0 heterocycles. The maximum atomic E-state index is 11.9. The molecule has 0 aromatic heterocycles. The number of ether oxygens (including phenoxy) is 1. The lowest BCUT2D eigenvalue weighted by Gasteiger charge is -2.24. The van der Waals surface area contributed by atoms with Crippen molar-refractivity contribution in [2.24, 2.45) is 0 Å². The van der Waals surface area contributed by atoms with Gasteiger partial charge < -0.3 is 15.8 Å². The van der Waals surface area contributed by atoms with E-state index in [0.29, 0.717) is 5.69 Å². The molecule has 1 rings (SSSR count). The Bertz CT molecular complexity index is 510. The number of aryl methyl sites for hydroxylation is 1. The molecule has 0 bridgehead atoms. The third kappa shape index (κ3) is 4.26. The van der Waals surface area contributed by atoms with E-state index in [-0.39, 0.29) is 23.6 Å². The predicted octanol–water partition coefficient (Wildman–Crippen LogP) is 2.04. The van der Waals surface area contributed by atoms with Crippen molar-refractivity contribution < 1.29 is 14.3 Å². The average Bonchev–Trinajstić information content (AvgIpc) is 2.38. The molecule has 0 aliphatic carbocycles. The number of carbonyl (C=O) groups is 2. The van der Waals surface area contributed by atoms with Crippen molar-refractivity contribution in [3.05, 3.63) is 29.3 Å². The Kier molecular flexibility index (Phi) is 5.13. The van der Waals surface area contributed by atoms with Crippen molar-refractivity contribution in [3.63, 3.8) is 0 Å². The summed E-state index contributed by atoms with van der Waals surface area (Å²) in [6, 6.07) is 5.11. The van der Waals surface area contributed by atoms with Crippen LogP contribution in [0.3, 0.4) is 0 Å². The molecule has 5 heteroatoms. The number of para-hydroxylation sites is 1. The van der Waals surface area contributed by atoms with Crippen LogP contribution in [0.15, 0.2) is 18.2 Å². The summed E-state index contributed by atoms with van der Waals surface area (Å²) in [4.78, 5) is 23.6. The molecule has 0 unspecified atom stereocenters. The Morgan fingerprint density at radius 1 is 1.35 bits per heavy atom. The van der Waals surface area contributed by atoms with Crippen LogP contribution < -0.4 is 11.1 Å². The summed E-state index contributed by atoms with van der Waals surface area (Å²) in [5.74, 6) is -0.910. The Balaban J connectivity index is 2.60. The summed E-state index contributed by atoms with van der Waals surface area (Å²) in [5, 5.41) is 2.79. The van der Waals surface area contributed by atoms with Gasteiger partial charge in [-0.25, -0.2) is 4.79 Å². The Morgan fingerprint density at radius 2 is 2.00 bits per heavy atom. The van der Waals surface area contributed by atoms with Gasteiger partial charge in [0.1, 0.15) is 0 Å². The van der Waals surface area contributed by atoms with Crippen LogP contribution in [0.25, 0.3) is 0 Å². The molecular weight excluding hydrogens is 256 g/mol. The predicted molar refractivity (Wildman–Crippen MR) is 78.4 cm³/mol. The largest absolute Gasteiger partial charge is 0.452 e. The monoisotopic (exact) mass is 278 g/mol. The maximum absolute atomic E-state index is 11.9. The minimum atomic E-state index is -0.587. The van der Waals surface area contributed by atoms with Crippen LogP contribution in [0.2, 0.25) is 0 Å². The van der Waals surface area contributed by atoms with E-state index in [4.69, 9.17) is 10.5 Å². The van der Waals surface area contributed by atoms with Gasteiger partial charge in [-0.2, -0.15) is 0 Å². The lowest BCUT2D eigenvalue weighted by molar-refractivity contribution is -0.125. The molecule has 3 N–H and O–H groups in total. The summed E-state index contributed by atoms with van der Waals surface area (Å²) in [6.45, 7) is 7.29. The fourth-order valence-electron chi connectivity index (χ4n) is 1.57. The first-order valence-corrected chi connectivity index (χ1v) is 6.60. The topological polar surface area (TPSA) is 81.4 Å². The number of carbonyl (C=O) groups excluding carboxylic acids is 2.